The molecule has 0 aromatic heterocycles. The van der Waals surface area contributed by atoms with Crippen LogP contribution in [0.4, 0.5) is 4.79 Å². The highest BCUT2D eigenvalue weighted by atomic mass is 16.6. The van der Waals surface area contributed by atoms with Crippen molar-refractivity contribution < 1.29 is 33.2 Å². The van der Waals surface area contributed by atoms with Gasteiger partial charge in [0, 0.05) is 19.6 Å². The molecule has 0 radical (unpaired) electrons. The largest absolute Gasteiger partial charge is 0.497 e. The first kappa shape index (κ1) is 29.4. The van der Waals surface area contributed by atoms with Gasteiger partial charge in [0.25, 0.3) is 0 Å². The first-order valence-electron chi connectivity index (χ1n) is 12.1. The lowest BCUT2D eigenvalue weighted by Gasteiger charge is -2.23. The molecule has 0 N–H and O–H groups in total. The Kier molecular flexibility index (Phi) is 14.3. The van der Waals surface area contributed by atoms with Crippen LogP contribution in [0.15, 0.2) is 48.5 Å². The standard InChI is InChI=1S/C27H40N2O7/c1-28(2)13-14-33-15-16-34-17-18-35-19-20-36-27(30)29(21-23-5-9-25(31-3)10-6-23)22-24-7-11-26(32-4)12-8-24/h5-12H,13-22H2,1-4H3. The fourth-order valence-electron chi connectivity index (χ4n) is 3.16. The molecule has 0 aliphatic heterocycles. The Balaban J connectivity index is 1.72. The maximum atomic E-state index is 12.9. The Morgan fingerprint density at radius 3 is 1.47 bits per heavy atom. The lowest BCUT2D eigenvalue weighted by Crippen LogP contribution is -2.31. The van der Waals surface area contributed by atoms with Crippen molar-refractivity contribution in [1.82, 2.24) is 9.80 Å². The van der Waals surface area contributed by atoms with Crippen molar-refractivity contribution in [2.24, 2.45) is 0 Å². The average Bonchev–Trinajstić information content (AvgIpc) is 2.89. The summed E-state index contributed by atoms with van der Waals surface area (Å²) in [7, 11) is 7.26. The normalized spacial score (nSPS) is 10.9. The van der Waals surface area contributed by atoms with Crippen LogP contribution in [-0.4, -0.2) is 97.0 Å². The van der Waals surface area contributed by atoms with E-state index in [2.05, 4.69) is 4.90 Å². The van der Waals surface area contributed by atoms with E-state index in [-0.39, 0.29) is 6.61 Å². The summed E-state index contributed by atoms with van der Waals surface area (Å²) in [5.74, 6) is 1.53. The van der Waals surface area contributed by atoms with Crippen molar-refractivity contribution in [3.05, 3.63) is 59.7 Å². The zero-order valence-electron chi connectivity index (χ0n) is 21.9. The number of hydrogen-bond acceptors (Lipinski definition) is 8. The van der Waals surface area contributed by atoms with Crippen molar-refractivity contribution in [2.75, 3.05) is 81.1 Å². The minimum Gasteiger partial charge on any atom is -0.497 e. The highest BCUT2D eigenvalue weighted by molar-refractivity contribution is 5.67. The fourth-order valence-corrected chi connectivity index (χ4v) is 3.16. The summed E-state index contributed by atoms with van der Waals surface area (Å²) >= 11 is 0. The molecule has 0 saturated heterocycles. The van der Waals surface area contributed by atoms with Crippen LogP contribution in [0.1, 0.15) is 11.1 Å². The number of rotatable bonds is 18. The molecule has 2 rings (SSSR count). The number of methoxy groups -OCH3 is 2. The Hall–Kier alpha value is -2.85. The number of ether oxygens (including phenoxy) is 6. The Labute approximate surface area is 214 Å². The van der Waals surface area contributed by atoms with E-state index in [1.807, 2.05) is 62.6 Å². The topological polar surface area (TPSA) is 78.9 Å². The number of nitrogens with zero attached hydrogens (tertiary/aromatic N) is 2. The van der Waals surface area contributed by atoms with Crippen molar-refractivity contribution >= 4 is 6.09 Å². The van der Waals surface area contributed by atoms with Crippen LogP contribution in [0.5, 0.6) is 11.5 Å². The highest BCUT2D eigenvalue weighted by Gasteiger charge is 2.16. The van der Waals surface area contributed by atoms with Crippen LogP contribution in [0.3, 0.4) is 0 Å². The van der Waals surface area contributed by atoms with Gasteiger partial charge < -0.3 is 33.3 Å². The van der Waals surface area contributed by atoms with E-state index in [4.69, 9.17) is 28.4 Å². The number of carbonyl (C=O) groups is 1. The molecule has 0 spiro atoms. The van der Waals surface area contributed by atoms with Gasteiger partial charge in [0.1, 0.15) is 18.1 Å². The van der Waals surface area contributed by atoms with E-state index in [1.54, 1.807) is 19.1 Å². The van der Waals surface area contributed by atoms with Crippen molar-refractivity contribution in [2.45, 2.75) is 13.1 Å². The zero-order valence-corrected chi connectivity index (χ0v) is 21.9. The molecule has 0 heterocycles. The van der Waals surface area contributed by atoms with Crippen LogP contribution < -0.4 is 9.47 Å². The average molecular weight is 505 g/mol. The van der Waals surface area contributed by atoms with Gasteiger partial charge in [0.2, 0.25) is 0 Å². The highest BCUT2D eigenvalue weighted by Crippen LogP contribution is 2.17. The third kappa shape index (κ3) is 12.2. The summed E-state index contributed by atoms with van der Waals surface area (Å²) in [4.78, 5) is 16.6. The molecule has 9 nitrogen and oxygen atoms in total. The van der Waals surface area contributed by atoms with Gasteiger partial charge in [0.15, 0.2) is 0 Å². The first-order valence-corrected chi connectivity index (χ1v) is 12.1. The molecule has 9 heteroatoms. The smallest absolute Gasteiger partial charge is 0.410 e. The Bertz CT molecular complexity index is 795. The summed E-state index contributed by atoms with van der Waals surface area (Å²) in [5, 5.41) is 0. The molecule has 2 aromatic rings. The summed E-state index contributed by atoms with van der Waals surface area (Å²) < 4.78 is 32.4. The van der Waals surface area contributed by atoms with Gasteiger partial charge in [-0.1, -0.05) is 24.3 Å². The molecule has 2 aromatic carbocycles. The number of benzene rings is 2. The van der Waals surface area contributed by atoms with Crippen LogP contribution >= 0.6 is 0 Å². The lowest BCUT2D eigenvalue weighted by atomic mass is 10.1. The maximum absolute atomic E-state index is 12.9. The maximum Gasteiger partial charge on any atom is 0.410 e. The molecular weight excluding hydrogens is 464 g/mol. The van der Waals surface area contributed by atoms with E-state index in [9.17, 15) is 4.79 Å². The van der Waals surface area contributed by atoms with E-state index in [0.717, 1.165) is 29.2 Å². The van der Waals surface area contributed by atoms with Crippen LogP contribution in [0.25, 0.3) is 0 Å². The second-order valence-electron chi connectivity index (χ2n) is 8.31. The number of amides is 1. The lowest BCUT2D eigenvalue weighted by molar-refractivity contribution is 0.00130. The van der Waals surface area contributed by atoms with Gasteiger partial charge in [-0.05, 0) is 49.5 Å². The molecule has 0 unspecified atom stereocenters. The monoisotopic (exact) mass is 504 g/mol. The molecule has 200 valence electrons. The minimum atomic E-state index is -0.406. The van der Waals surface area contributed by atoms with Gasteiger partial charge in [-0.15, -0.1) is 0 Å². The van der Waals surface area contributed by atoms with E-state index in [1.165, 1.54) is 0 Å². The minimum absolute atomic E-state index is 0.161. The SMILES string of the molecule is COc1ccc(CN(Cc2ccc(OC)cc2)C(=O)OCCOCCOCCOCCN(C)C)cc1. The predicted octanol–water partition coefficient (Wildman–Crippen LogP) is 3.45. The van der Waals surface area contributed by atoms with Crippen LogP contribution in [0.2, 0.25) is 0 Å². The first-order chi connectivity index (χ1) is 17.5. The second-order valence-corrected chi connectivity index (χ2v) is 8.31. The number of carbonyl (C=O) groups excluding carboxylic acids is 1. The van der Waals surface area contributed by atoms with Gasteiger partial charge in [-0.3, -0.25) is 4.90 Å². The van der Waals surface area contributed by atoms with Crippen molar-refractivity contribution in [3.63, 3.8) is 0 Å². The Morgan fingerprint density at radius 2 is 1.06 bits per heavy atom. The van der Waals surface area contributed by atoms with Gasteiger partial charge >= 0.3 is 6.09 Å². The molecule has 0 fully saturated rings. The molecule has 0 aliphatic carbocycles. The zero-order chi connectivity index (χ0) is 26.0. The molecule has 0 atom stereocenters. The third-order valence-corrected chi connectivity index (χ3v) is 5.20. The molecular formula is C27H40N2O7. The van der Waals surface area contributed by atoms with Crippen molar-refractivity contribution in [1.29, 1.82) is 0 Å². The molecule has 1 amide bonds. The van der Waals surface area contributed by atoms with E-state index < -0.39 is 6.09 Å². The molecule has 36 heavy (non-hydrogen) atoms. The number of likely N-dealkylation sites (N-methyl/N-ethyl adjacent to an activating group) is 1. The fraction of sp³-hybridized carbons (Fsp3) is 0.519. The third-order valence-electron chi connectivity index (χ3n) is 5.20. The molecule has 0 aliphatic rings. The van der Waals surface area contributed by atoms with Gasteiger partial charge in [0.05, 0.1) is 53.9 Å². The van der Waals surface area contributed by atoms with E-state index in [0.29, 0.717) is 52.7 Å². The molecule has 0 saturated carbocycles. The van der Waals surface area contributed by atoms with Gasteiger partial charge in [-0.2, -0.15) is 0 Å². The summed E-state index contributed by atoms with van der Waals surface area (Å²) in [6.07, 6.45) is -0.406. The van der Waals surface area contributed by atoms with Crippen LogP contribution in [-0.2, 0) is 32.0 Å². The van der Waals surface area contributed by atoms with E-state index >= 15 is 0 Å². The summed E-state index contributed by atoms with van der Waals surface area (Å²) in [6.45, 7) is 4.82. The summed E-state index contributed by atoms with van der Waals surface area (Å²) in [6, 6.07) is 15.2. The van der Waals surface area contributed by atoms with Crippen LogP contribution in [0, 0.1) is 0 Å². The second kappa shape index (κ2) is 17.6. The predicted molar refractivity (Wildman–Crippen MR) is 138 cm³/mol. The molecule has 0 bridgehead atoms. The van der Waals surface area contributed by atoms with Gasteiger partial charge in [-0.25, -0.2) is 4.79 Å². The quantitative estimate of drug-likeness (QED) is 0.286. The summed E-state index contributed by atoms with van der Waals surface area (Å²) in [5.41, 5.74) is 1.95. The number of hydrogen-bond donors (Lipinski definition) is 0. The Morgan fingerprint density at radius 1 is 0.639 bits per heavy atom. The van der Waals surface area contributed by atoms with Crippen molar-refractivity contribution in [3.8, 4) is 11.5 Å².